The molecular formula is C9H14OS. The maximum atomic E-state index is 5.08. The fraction of sp³-hybridized carbons (Fsp3) is 0.778. The molecule has 0 bridgehead atoms. The normalized spacial score (nSPS) is 20.4. The Morgan fingerprint density at radius 2 is 2.09 bits per heavy atom. The lowest BCUT2D eigenvalue weighted by Gasteiger charge is -2.32. The highest BCUT2D eigenvalue weighted by molar-refractivity contribution is 8.04. The predicted octanol–water partition coefficient (Wildman–Crippen LogP) is 2.13. The molecule has 0 radical (unpaired) electrons. The summed E-state index contributed by atoms with van der Waals surface area (Å²) >= 11 is 1.69. The molecule has 0 amide bonds. The Hall–Kier alpha value is -0.130. The van der Waals surface area contributed by atoms with Crippen molar-refractivity contribution in [3.63, 3.8) is 0 Å². The SMILES string of the molecule is CC(C)SC#CC1(C)COC1. The fourth-order valence-corrected chi connectivity index (χ4v) is 1.29. The third-order valence-corrected chi connectivity index (χ3v) is 2.18. The summed E-state index contributed by atoms with van der Waals surface area (Å²) in [5.74, 6) is 3.21. The van der Waals surface area contributed by atoms with Crippen molar-refractivity contribution in [1.82, 2.24) is 0 Å². The van der Waals surface area contributed by atoms with Gasteiger partial charge in [-0.05, 0) is 12.2 Å². The second kappa shape index (κ2) is 3.51. The highest BCUT2D eigenvalue weighted by atomic mass is 32.2. The van der Waals surface area contributed by atoms with Gasteiger partial charge in [-0.3, -0.25) is 0 Å². The average Bonchev–Trinajstić information content (AvgIpc) is 1.83. The first-order valence-corrected chi connectivity index (χ1v) is 4.76. The van der Waals surface area contributed by atoms with Gasteiger partial charge in [0.15, 0.2) is 0 Å². The minimum absolute atomic E-state index is 0.155. The molecule has 1 aliphatic rings. The minimum Gasteiger partial charge on any atom is -0.378 e. The maximum Gasteiger partial charge on any atom is 0.0761 e. The van der Waals surface area contributed by atoms with Crippen LogP contribution in [0.25, 0.3) is 0 Å². The lowest BCUT2D eigenvalue weighted by Crippen LogP contribution is -2.38. The predicted molar refractivity (Wildman–Crippen MR) is 49.4 cm³/mol. The molecular weight excluding hydrogens is 156 g/mol. The molecule has 1 rings (SSSR count). The molecule has 0 N–H and O–H groups in total. The van der Waals surface area contributed by atoms with E-state index < -0.39 is 0 Å². The quantitative estimate of drug-likeness (QED) is 0.557. The van der Waals surface area contributed by atoms with Crippen molar-refractivity contribution in [3.8, 4) is 11.2 Å². The molecule has 0 aliphatic carbocycles. The molecule has 0 aromatic heterocycles. The Labute approximate surface area is 72.9 Å². The molecule has 0 spiro atoms. The van der Waals surface area contributed by atoms with Gasteiger partial charge in [0.2, 0.25) is 0 Å². The van der Waals surface area contributed by atoms with Crippen LogP contribution < -0.4 is 0 Å². The van der Waals surface area contributed by atoms with E-state index in [2.05, 4.69) is 31.9 Å². The summed E-state index contributed by atoms with van der Waals surface area (Å²) in [5, 5.41) is 3.72. The smallest absolute Gasteiger partial charge is 0.0761 e. The van der Waals surface area contributed by atoms with Crippen molar-refractivity contribution in [2.24, 2.45) is 5.41 Å². The van der Waals surface area contributed by atoms with Crippen LogP contribution in [0.15, 0.2) is 0 Å². The molecule has 1 fully saturated rings. The molecule has 0 saturated carbocycles. The summed E-state index contributed by atoms with van der Waals surface area (Å²) in [6.45, 7) is 8.06. The van der Waals surface area contributed by atoms with Gasteiger partial charge >= 0.3 is 0 Å². The zero-order valence-corrected chi connectivity index (χ0v) is 8.12. The Bertz CT molecular complexity index is 183. The van der Waals surface area contributed by atoms with Crippen LogP contribution in [0, 0.1) is 16.6 Å². The van der Waals surface area contributed by atoms with Gasteiger partial charge in [0.25, 0.3) is 0 Å². The highest BCUT2D eigenvalue weighted by Crippen LogP contribution is 2.25. The zero-order chi connectivity index (χ0) is 8.32. The van der Waals surface area contributed by atoms with Gasteiger partial charge in [0.1, 0.15) is 0 Å². The van der Waals surface area contributed by atoms with Crippen molar-refractivity contribution in [2.75, 3.05) is 13.2 Å². The lowest BCUT2D eigenvalue weighted by molar-refractivity contribution is -0.0647. The van der Waals surface area contributed by atoms with E-state index in [1.165, 1.54) is 0 Å². The standard InChI is InChI=1S/C9H14OS/c1-8(2)11-5-4-9(3)6-10-7-9/h8H,6-7H2,1-3H3. The number of hydrogen-bond donors (Lipinski definition) is 0. The van der Waals surface area contributed by atoms with Crippen molar-refractivity contribution < 1.29 is 4.74 Å². The Morgan fingerprint density at radius 1 is 1.45 bits per heavy atom. The van der Waals surface area contributed by atoms with Crippen LogP contribution in [0.1, 0.15) is 20.8 Å². The van der Waals surface area contributed by atoms with E-state index in [1.807, 2.05) is 0 Å². The topological polar surface area (TPSA) is 9.23 Å². The first kappa shape index (κ1) is 8.96. The van der Waals surface area contributed by atoms with E-state index in [-0.39, 0.29) is 5.41 Å². The number of ether oxygens (including phenoxy) is 1. The number of thioether (sulfide) groups is 1. The van der Waals surface area contributed by atoms with Crippen LogP contribution in [0.5, 0.6) is 0 Å². The fourth-order valence-electron chi connectivity index (χ4n) is 0.751. The van der Waals surface area contributed by atoms with Crippen LogP contribution in [0.2, 0.25) is 0 Å². The van der Waals surface area contributed by atoms with Gasteiger partial charge in [-0.2, -0.15) is 0 Å². The summed E-state index contributed by atoms with van der Waals surface area (Å²) in [6, 6.07) is 0. The second-order valence-electron chi connectivity index (χ2n) is 3.45. The minimum atomic E-state index is 0.155. The van der Waals surface area contributed by atoms with Gasteiger partial charge in [0.05, 0.1) is 18.6 Å². The largest absolute Gasteiger partial charge is 0.378 e. The number of rotatable bonds is 1. The molecule has 1 nitrogen and oxygen atoms in total. The summed E-state index contributed by atoms with van der Waals surface area (Å²) in [7, 11) is 0. The molecule has 0 atom stereocenters. The van der Waals surface area contributed by atoms with Crippen LogP contribution in [0.4, 0.5) is 0 Å². The number of hydrogen-bond acceptors (Lipinski definition) is 2. The van der Waals surface area contributed by atoms with E-state index in [0.717, 1.165) is 13.2 Å². The average molecular weight is 170 g/mol. The molecule has 11 heavy (non-hydrogen) atoms. The third kappa shape index (κ3) is 2.76. The summed E-state index contributed by atoms with van der Waals surface area (Å²) in [5.41, 5.74) is 0.155. The first-order valence-electron chi connectivity index (χ1n) is 3.88. The maximum absolute atomic E-state index is 5.08. The van der Waals surface area contributed by atoms with Gasteiger partial charge in [-0.25, -0.2) is 0 Å². The monoisotopic (exact) mass is 170 g/mol. The molecule has 1 heterocycles. The van der Waals surface area contributed by atoms with E-state index in [9.17, 15) is 0 Å². The van der Waals surface area contributed by atoms with Crippen molar-refractivity contribution >= 4 is 11.8 Å². The molecule has 1 saturated heterocycles. The first-order chi connectivity index (χ1) is 5.12. The summed E-state index contributed by atoms with van der Waals surface area (Å²) in [4.78, 5) is 0. The van der Waals surface area contributed by atoms with Crippen LogP contribution in [-0.2, 0) is 4.74 Å². The van der Waals surface area contributed by atoms with E-state index in [1.54, 1.807) is 11.8 Å². The van der Waals surface area contributed by atoms with Gasteiger partial charge in [-0.15, -0.1) is 0 Å². The Balaban J connectivity index is 2.31. The third-order valence-electron chi connectivity index (χ3n) is 1.49. The molecule has 62 valence electrons. The molecule has 0 aromatic rings. The van der Waals surface area contributed by atoms with Crippen LogP contribution >= 0.6 is 11.8 Å². The summed E-state index contributed by atoms with van der Waals surface area (Å²) < 4.78 is 5.08. The highest BCUT2D eigenvalue weighted by Gasteiger charge is 2.30. The van der Waals surface area contributed by atoms with Crippen molar-refractivity contribution in [1.29, 1.82) is 0 Å². The van der Waals surface area contributed by atoms with E-state index >= 15 is 0 Å². The van der Waals surface area contributed by atoms with Crippen LogP contribution in [0.3, 0.4) is 0 Å². The van der Waals surface area contributed by atoms with Crippen molar-refractivity contribution in [3.05, 3.63) is 0 Å². The molecule has 1 aliphatic heterocycles. The Kier molecular flexibility index (Phi) is 2.86. The lowest BCUT2D eigenvalue weighted by atomic mass is 9.90. The molecule has 0 aromatic carbocycles. The van der Waals surface area contributed by atoms with Crippen LogP contribution in [-0.4, -0.2) is 18.5 Å². The van der Waals surface area contributed by atoms with E-state index in [4.69, 9.17) is 4.74 Å². The summed E-state index contributed by atoms with van der Waals surface area (Å²) in [6.07, 6.45) is 0. The molecule has 2 heteroatoms. The van der Waals surface area contributed by atoms with Gasteiger partial charge in [-0.1, -0.05) is 31.5 Å². The van der Waals surface area contributed by atoms with Gasteiger partial charge in [0, 0.05) is 5.25 Å². The van der Waals surface area contributed by atoms with E-state index in [0.29, 0.717) is 5.25 Å². The van der Waals surface area contributed by atoms with Gasteiger partial charge < -0.3 is 4.74 Å². The second-order valence-corrected chi connectivity index (χ2v) is 4.83. The Morgan fingerprint density at radius 3 is 2.45 bits per heavy atom. The zero-order valence-electron chi connectivity index (χ0n) is 7.31. The molecule has 0 unspecified atom stereocenters. The van der Waals surface area contributed by atoms with Crippen molar-refractivity contribution in [2.45, 2.75) is 26.0 Å².